The molecule has 0 aliphatic carbocycles. The third kappa shape index (κ3) is 4.18. The Morgan fingerprint density at radius 3 is 2.58 bits per heavy atom. The molecule has 1 nitrogen and oxygen atoms in total. The first-order valence-electron chi connectivity index (χ1n) is 6.15. The molecular weight excluding hydrogens is 263 g/mol. The first-order chi connectivity index (χ1) is 9.15. The fourth-order valence-electron chi connectivity index (χ4n) is 1.91. The van der Waals surface area contributed by atoms with Crippen LogP contribution in [-0.2, 0) is 17.6 Å². The lowest BCUT2D eigenvalue weighted by Gasteiger charge is -2.04. The second kappa shape index (κ2) is 6.48. The molecule has 0 aliphatic heterocycles. The molecule has 0 saturated carbocycles. The van der Waals surface area contributed by atoms with Crippen molar-refractivity contribution in [2.45, 2.75) is 19.3 Å². The van der Waals surface area contributed by atoms with Crippen LogP contribution in [0.15, 0.2) is 48.5 Å². The van der Waals surface area contributed by atoms with Gasteiger partial charge in [0.2, 0.25) is 0 Å². The van der Waals surface area contributed by atoms with Crippen LogP contribution in [0.3, 0.4) is 0 Å². The second-order valence-corrected chi connectivity index (χ2v) is 4.84. The minimum atomic E-state index is -0.366. The Balaban J connectivity index is 1.93. The fraction of sp³-hybridized carbons (Fsp3) is 0.188. The highest BCUT2D eigenvalue weighted by atomic mass is 35.5. The second-order valence-electron chi connectivity index (χ2n) is 4.44. The number of ketones is 1. The van der Waals surface area contributed by atoms with Gasteiger partial charge in [0, 0.05) is 17.9 Å². The van der Waals surface area contributed by atoms with Gasteiger partial charge in [0.05, 0.1) is 0 Å². The summed E-state index contributed by atoms with van der Waals surface area (Å²) in [5.41, 5.74) is 1.68. The maximum atomic E-state index is 13.1. The lowest BCUT2D eigenvalue weighted by atomic mass is 10.0. The first-order valence-corrected chi connectivity index (χ1v) is 6.52. The largest absolute Gasteiger partial charge is 0.299 e. The molecule has 2 rings (SSSR count). The van der Waals surface area contributed by atoms with Gasteiger partial charge in [0.25, 0.3) is 0 Å². The minimum absolute atomic E-state index is 0.0661. The Bertz CT molecular complexity index is 566. The molecule has 0 spiro atoms. The highest BCUT2D eigenvalue weighted by molar-refractivity contribution is 6.31. The Morgan fingerprint density at radius 2 is 1.84 bits per heavy atom. The molecule has 0 N–H and O–H groups in total. The van der Waals surface area contributed by atoms with E-state index in [1.807, 2.05) is 30.3 Å². The standard InChI is InChI=1S/C16H14ClFO/c17-16-9-7-14(18)10-13(16)11-15(19)8-6-12-4-2-1-3-5-12/h1-5,7,9-10H,6,8,11H2. The van der Waals surface area contributed by atoms with Crippen LogP contribution in [0.2, 0.25) is 5.02 Å². The van der Waals surface area contributed by atoms with Crippen LogP contribution < -0.4 is 0 Å². The van der Waals surface area contributed by atoms with Crippen molar-refractivity contribution in [3.63, 3.8) is 0 Å². The predicted octanol–water partition coefficient (Wildman–Crippen LogP) is 4.22. The lowest BCUT2D eigenvalue weighted by Crippen LogP contribution is -2.05. The molecule has 3 heteroatoms. The van der Waals surface area contributed by atoms with Crippen LogP contribution in [0.4, 0.5) is 4.39 Å². The molecule has 0 radical (unpaired) electrons. The van der Waals surface area contributed by atoms with Crippen LogP contribution in [0.5, 0.6) is 0 Å². The van der Waals surface area contributed by atoms with Crippen molar-refractivity contribution in [1.82, 2.24) is 0 Å². The molecular formula is C16H14ClFO. The van der Waals surface area contributed by atoms with Gasteiger partial charge in [0.1, 0.15) is 11.6 Å². The van der Waals surface area contributed by atoms with E-state index in [2.05, 4.69) is 0 Å². The number of Topliss-reactive ketones (excluding diaryl/α,β-unsaturated/α-hetero) is 1. The summed E-state index contributed by atoms with van der Waals surface area (Å²) in [5.74, 6) is -0.299. The molecule has 0 atom stereocenters. The molecule has 2 aromatic rings. The van der Waals surface area contributed by atoms with E-state index in [4.69, 9.17) is 11.6 Å². The molecule has 19 heavy (non-hydrogen) atoms. The number of aryl methyl sites for hydroxylation is 1. The van der Waals surface area contributed by atoms with E-state index in [-0.39, 0.29) is 18.0 Å². The number of hydrogen-bond donors (Lipinski definition) is 0. The maximum absolute atomic E-state index is 13.1. The lowest BCUT2D eigenvalue weighted by molar-refractivity contribution is -0.118. The summed E-state index contributed by atoms with van der Waals surface area (Å²) in [4.78, 5) is 11.9. The van der Waals surface area contributed by atoms with Crippen LogP contribution in [0.25, 0.3) is 0 Å². The third-order valence-corrected chi connectivity index (χ3v) is 3.30. The van der Waals surface area contributed by atoms with Crippen molar-refractivity contribution in [1.29, 1.82) is 0 Å². The van der Waals surface area contributed by atoms with Crippen molar-refractivity contribution in [3.05, 3.63) is 70.5 Å². The van der Waals surface area contributed by atoms with Crippen LogP contribution in [-0.4, -0.2) is 5.78 Å². The molecule has 0 bridgehead atoms. The predicted molar refractivity (Wildman–Crippen MR) is 74.9 cm³/mol. The Morgan fingerprint density at radius 1 is 1.11 bits per heavy atom. The third-order valence-electron chi connectivity index (χ3n) is 2.93. The monoisotopic (exact) mass is 276 g/mol. The zero-order chi connectivity index (χ0) is 13.7. The van der Waals surface area contributed by atoms with Crippen molar-refractivity contribution in [2.24, 2.45) is 0 Å². The maximum Gasteiger partial charge on any atom is 0.137 e. The summed E-state index contributed by atoms with van der Waals surface area (Å²) in [5, 5.41) is 0.439. The fourth-order valence-corrected chi connectivity index (χ4v) is 2.09. The normalized spacial score (nSPS) is 10.4. The average molecular weight is 277 g/mol. The van der Waals surface area contributed by atoms with Gasteiger partial charge >= 0.3 is 0 Å². The van der Waals surface area contributed by atoms with Crippen molar-refractivity contribution < 1.29 is 9.18 Å². The van der Waals surface area contributed by atoms with Gasteiger partial charge in [-0.25, -0.2) is 4.39 Å². The van der Waals surface area contributed by atoms with Gasteiger partial charge in [-0.2, -0.15) is 0 Å². The van der Waals surface area contributed by atoms with Crippen molar-refractivity contribution in [2.75, 3.05) is 0 Å². The summed E-state index contributed by atoms with van der Waals surface area (Å²) in [6, 6.07) is 13.9. The molecule has 0 heterocycles. The number of carbonyl (C=O) groups is 1. The SMILES string of the molecule is O=C(CCc1ccccc1)Cc1cc(F)ccc1Cl. The molecule has 0 unspecified atom stereocenters. The van der Waals surface area contributed by atoms with Crippen LogP contribution in [0.1, 0.15) is 17.5 Å². The summed E-state index contributed by atoms with van der Waals surface area (Å²) in [7, 11) is 0. The zero-order valence-corrected chi connectivity index (χ0v) is 11.2. The van der Waals surface area contributed by atoms with Gasteiger partial charge in [-0.15, -0.1) is 0 Å². The first kappa shape index (κ1) is 13.8. The van der Waals surface area contributed by atoms with E-state index in [1.54, 1.807) is 0 Å². The molecule has 0 amide bonds. The number of carbonyl (C=O) groups excluding carboxylic acids is 1. The molecule has 2 aromatic carbocycles. The van der Waals surface area contributed by atoms with Crippen LogP contribution in [0, 0.1) is 5.82 Å². The highest BCUT2D eigenvalue weighted by Gasteiger charge is 2.08. The number of rotatable bonds is 5. The van der Waals surface area contributed by atoms with Gasteiger partial charge in [-0.1, -0.05) is 41.9 Å². The molecule has 0 aliphatic rings. The number of halogens is 2. The zero-order valence-electron chi connectivity index (χ0n) is 10.4. The van der Waals surface area contributed by atoms with Crippen molar-refractivity contribution in [3.8, 4) is 0 Å². The van der Waals surface area contributed by atoms with Gasteiger partial charge in [-0.3, -0.25) is 4.79 Å². The topological polar surface area (TPSA) is 17.1 Å². The highest BCUT2D eigenvalue weighted by Crippen LogP contribution is 2.18. The Labute approximate surface area is 117 Å². The summed E-state index contributed by atoms with van der Waals surface area (Å²) < 4.78 is 13.1. The smallest absolute Gasteiger partial charge is 0.137 e. The molecule has 0 saturated heterocycles. The van der Waals surface area contributed by atoms with E-state index >= 15 is 0 Å². The number of benzene rings is 2. The van der Waals surface area contributed by atoms with Gasteiger partial charge in [0.15, 0.2) is 0 Å². The van der Waals surface area contributed by atoms with E-state index in [0.717, 1.165) is 5.56 Å². The summed E-state index contributed by atoms with van der Waals surface area (Å²) in [6.07, 6.45) is 1.33. The van der Waals surface area contributed by atoms with E-state index in [1.165, 1.54) is 18.2 Å². The quantitative estimate of drug-likeness (QED) is 0.799. The van der Waals surface area contributed by atoms with E-state index in [0.29, 0.717) is 23.4 Å². The molecule has 0 aromatic heterocycles. The minimum Gasteiger partial charge on any atom is -0.299 e. The van der Waals surface area contributed by atoms with Crippen molar-refractivity contribution >= 4 is 17.4 Å². The molecule has 98 valence electrons. The number of hydrogen-bond acceptors (Lipinski definition) is 1. The average Bonchev–Trinajstić information content (AvgIpc) is 2.42. The van der Waals surface area contributed by atoms with E-state index < -0.39 is 0 Å². The Hall–Kier alpha value is -1.67. The van der Waals surface area contributed by atoms with Gasteiger partial charge in [-0.05, 0) is 35.7 Å². The summed E-state index contributed by atoms with van der Waals surface area (Å²) >= 11 is 5.94. The van der Waals surface area contributed by atoms with Crippen LogP contribution >= 0.6 is 11.6 Å². The Kier molecular flexibility index (Phi) is 4.69. The van der Waals surface area contributed by atoms with Gasteiger partial charge < -0.3 is 0 Å². The van der Waals surface area contributed by atoms with E-state index in [9.17, 15) is 9.18 Å². The summed E-state index contributed by atoms with van der Waals surface area (Å²) in [6.45, 7) is 0. The molecule has 0 fully saturated rings.